The third kappa shape index (κ3) is 4.53. The van der Waals surface area contributed by atoms with Gasteiger partial charge in [0.15, 0.2) is 5.78 Å². The summed E-state index contributed by atoms with van der Waals surface area (Å²) in [5, 5.41) is 2.49. The molecule has 1 N–H and O–H groups in total. The third-order valence-electron chi connectivity index (χ3n) is 2.39. The molecule has 110 valence electrons. The standard InChI is InChI=1S/C14H20N2O4/c1-9(16-13(18)20-14(2,3)4)12(17)10-8-15-7-6-11(10)19-5/h6-9H,1-5H3,(H,16,18)/t9-/m0/s1. The summed E-state index contributed by atoms with van der Waals surface area (Å²) in [6.45, 7) is 6.84. The lowest BCUT2D eigenvalue weighted by atomic mass is 10.1. The Bertz CT molecular complexity index is 494. The van der Waals surface area contributed by atoms with Crippen LogP contribution in [0.2, 0.25) is 0 Å². The molecule has 1 heterocycles. The zero-order valence-corrected chi connectivity index (χ0v) is 12.4. The van der Waals surface area contributed by atoms with Gasteiger partial charge in [0.1, 0.15) is 11.4 Å². The van der Waals surface area contributed by atoms with E-state index in [0.717, 1.165) is 0 Å². The largest absolute Gasteiger partial charge is 0.496 e. The maximum Gasteiger partial charge on any atom is 0.408 e. The van der Waals surface area contributed by atoms with Gasteiger partial charge in [-0.2, -0.15) is 0 Å². The van der Waals surface area contributed by atoms with Gasteiger partial charge in [0.25, 0.3) is 0 Å². The second-order valence-corrected chi connectivity index (χ2v) is 5.31. The molecular formula is C14H20N2O4. The number of pyridine rings is 1. The number of nitrogens with one attached hydrogen (secondary N) is 1. The molecule has 0 radical (unpaired) electrons. The molecule has 0 spiro atoms. The molecular weight excluding hydrogens is 260 g/mol. The summed E-state index contributed by atoms with van der Waals surface area (Å²) < 4.78 is 10.2. The van der Waals surface area contributed by atoms with Crippen LogP contribution in [0.1, 0.15) is 38.1 Å². The normalized spacial score (nSPS) is 12.4. The number of rotatable bonds is 4. The molecule has 0 aliphatic heterocycles. The van der Waals surface area contributed by atoms with Crippen molar-refractivity contribution in [3.63, 3.8) is 0 Å². The average molecular weight is 280 g/mol. The average Bonchev–Trinajstić information content (AvgIpc) is 2.35. The number of aromatic nitrogens is 1. The second kappa shape index (κ2) is 6.36. The van der Waals surface area contributed by atoms with Gasteiger partial charge in [-0.05, 0) is 33.8 Å². The van der Waals surface area contributed by atoms with Gasteiger partial charge in [0.2, 0.25) is 0 Å². The van der Waals surface area contributed by atoms with Crippen molar-refractivity contribution in [2.24, 2.45) is 0 Å². The highest BCUT2D eigenvalue weighted by atomic mass is 16.6. The first-order chi connectivity index (χ1) is 9.24. The van der Waals surface area contributed by atoms with E-state index in [4.69, 9.17) is 9.47 Å². The van der Waals surface area contributed by atoms with E-state index in [0.29, 0.717) is 11.3 Å². The molecule has 1 rings (SSSR count). The number of methoxy groups -OCH3 is 1. The molecule has 1 aromatic heterocycles. The van der Waals surface area contributed by atoms with E-state index in [2.05, 4.69) is 10.3 Å². The molecule has 1 aromatic rings. The van der Waals surface area contributed by atoms with Crippen molar-refractivity contribution in [1.29, 1.82) is 0 Å². The first-order valence-electron chi connectivity index (χ1n) is 6.26. The van der Waals surface area contributed by atoms with E-state index in [1.807, 2.05) is 0 Å². The quantitative estimate of drug-likeness (QED) is 0.855. The topological polar surface area (TPSA) is 77.5 Å². The number of nitrogens with zero attached hydrogens (tertiary/aromatic N) is 1. The van der Waals surface area contributed by atoms with Crippen molar-refractivity contribution >= 4 is 11.9 Å². The number of carbonyl (C=O) groups is 2. The van der Waals surface area contributed by atoms with Gasteiger partial charge in [0, 0.05) is 12.4 Å². The van der Waals surface area contributed by atoms with Crippen molar-refractivity contribution in [3.8, 4) is 5.75 Å². The number of ketones is 1. The van der Waals surface area contributed by atoms with E-state index in [-0.39, 0.29) is 5.78 Å². The van der Waals surface area contributed by atoms with Crippen LogP contribution >= 0.6 is 0 Å². The molecule has 0 saturated heterocycles. The van der Waals surface area contributed by atoms with Crippen molar-refractivity contribution in [1.82, 2.24) is 10.3 Å². The fraction of sp³-hybridized carbons (Fsp3) is 0.500. The lowest BCUT2D eigenvalue weighted by Gasteiger charge is -2.21. The van der Waals surface area contributed by atoms with Gasteiger partial charge < -0.3 is 14.8 Å². The Kier molecular flexibility index (Phi) is 5.07. The molecule has 20 heavy (non-hydrogen) atoms. The van der Waals surface area contributed by atoms with Gasteiger partial charge >= 0.3 is 6.09 Å². The maximum absolute atomic E-state index is 12.2. The van der Waals surface area contributed by atoms with Gasteiger partial charge in [-0.3, -0.25) is 9.78 Å². The van der Waals surface area contributed by atoms with Crippen LogP contribution < -0.4 is 10.1 Å². The molecule has 6 heteroatoms. The smallest absolute Gasteiger partial charge is 0.408 e. The fourth-order valence-electron chi connectivity index (χ4n) is 1.53. The zero-order chi connectivity index (χ0) is 15.3. The van der Waals surface area contributed by atoms with Gasteiger partial charge in [-0.25, -0.2) is 4.79 Å². The Labute approximate surface area is 118 Å². The molecule has 0 aliphatic carbocycles. The number of Topliss-reactive ketones (excluding diaryl/α,β-unsaturated/α-hetero) is 1. The van der Waals surface area contributed by atoms with E-state index in [1.54, 1.807) is 33.8 Å². The maximum atomic E-state index is 12.2. The number of carbonyl (C=O) groups excluding carboxylic acids is 2. The van der Waals surface area contributed by atoms with Crippen LogP contribution in [-0.2, 0) is 4.74 Å². The van der Waals surface area contributed by atoms with E-state index in [1.165, 1.54) is 19.5 Å². The predicted octanol–water partition coefficient (Wildman–Crippen LogP) is 2.19. The minimum atomic E-state index is -0.733. The molecule has 0 unspecified atom stereocenters. The molecule has 6 nitrogen and oxygen atoms in total. The highest BCUT2D eigenvalue weighted by molar-refractivity contribution is 6.03. The van der Waals surface area contributed by atoms with Gasteiger partial charge in [-0.1, -0.05) is 0 Å². The monoisotopic (exact) mass is 280 g/mol. The molecule has 0 fully saturated rings. The summed E-state index contributed by atoms with van der Waals surface area (Å²) in [7, 11) is 1.47. The first kappa shape index (κ1) is 15.9. The van der Waals surface area contributed by atoms with E-state index < -0.39 is 17.7 Å². The summed E-state index contributed by atoms with van der Waals surface area (Å²) in [5.74, 6) is 0.128. The van der Waals surface area contributed by atoms with Gasteiger partial charge in [-0.15, -0.1) is 0 Å². The molecule has 0 bridgehead atoms. The minimum Gasteiger partial charge on any atom is -0.496 e. The lowest BCUT2D eigenvalue weighted by Crippen LogP contribution is -2.41. The highest BCUT2D eigenvalue weighted by Gasteiger charge is 2.23. The molecule has 0 saturated carbocycles. The predicted molar refractivity (Wildman–Crippen MR) is 74.0 cm³/mol. The second-order valence-electron chi connectivity index (χ2n) is 5.31. The van der Waals surface area contributed by atoms with Crippen LogP contribution in [-0.4, -0.2) is 35.6 Å². The first-order valence-corrected chi connectivity index (χ1v) is 6.26. The number of hydrogen-bond acceptors (Lipinski definition) is 5. The SMILES string of the molecule is COc1ccncc1C(=O)[C@H](C)NC(=O)OC(C)(C)C. The number of alkyl carbamates (subject to hydrolysis) is 1. The Hall–Kier alpha value is -2.11. The Balaban J connectivity index is 2.75. The minimum absolute atomic E-state index is 0.291. The van der Waals surface area contributed by atoms with E-state index >= 15 is 0 Å². The zero-order valence-electron chi connectivity index (χ0n) is 12.4. The van der Waals surface area contributed by atoms with Crippen molar-refractivity contribution < 1.29 is 19.1 Å². The highest BCUT2D eigenvalue weighted by Crippen LogP contribution is 2.18. The molecule has 1 atom stereocenters. The lowest BCUT2D eigenvalue weighted by molar-refractivity contribution is 0.0496. The number of ether oxygens (including phenoxy) is 2. The summed E-state index contributed by atoms with van der Waals surface area (Å²) in [5.41, 5.74) is -0.294. The molecule has 1 amide bonds. The Morgan fingerprint density at radius 1 is 1.35 bits per heavy atom. The van der Waals surface area contributed by atoms with Gasteiger partial charge in [0.05, 0.1) is 18.7 Å². The Morgan fingerprint density at radius 2 is 2.00 bits per heavy atom. The third-order valence-corrected chi connectivity index (χ3v) is 2.39. The van der Waals surface area contributed by atoms with Crippen LogP contribution in [0.3, 0.4) is 0 Å². The van der Waals surface area contributed by atoms with E-state index in [9.17, 15) is 9.59 Å². The van der Waals surface area contributed by atoms with Crippen LogP contribution in [0.15, 0.2) is 18.5 Å². The summed E-state index contributed by atoms with van der Waals surface area (Å²) in [4.78, 5) is 27.8. The van der Waals surface area contributed by atoms with Crippen molar-refractivity contribution in [2.75, 3.05) is 7.11 Å². The summed E-state index contributed by atoms with van der Waals surface area (Å²) >= 11 is 0. The Morgan fingerprint density at radius 3 is 2.55 bits per heavy atom. The summed E-state index contributed by atoms with van der Waals surface area (Å²) in [6, 6.07) is 0.857. The van der Waals surface area contributed by atoms with Crippen LogP contribution in [0.4, 0.5) is 4.79 Å². The summed E-state index contributed by atoms with van der Waals surface area (Å²) in [6.07, 6.45) is 2.30. The van der Waals surface area contributed by atoms with Crippen LogP contribution in [0.5, 0.6) is 5.75 Å². The number of hydrogen-bond donors (Lipinski definition) is 1. The van der Waals surface area contributed by atoms with Crippen molar-refractivity contribution in [2.45, 2.75) is 39.3 Å². The van der Waals surface area contributed by atoms with Crippen LogP contribution in [0, 0.1) is 0 Å². The fourth-order valence-corrected chi connectivity index (χ4v) is 1.53. The number of amides is 1. The molecule has 0 aromatic carbocycles. The van der Waals surface area contributed by atoms with Crippen LogP contribution in [0.25, 0.3) is 0 Å². The molecule has 0 aliphatic rings. The van der Waals surface area contributed by atoms with Crippen molar-refractivity contribution in [3.05, 3.63) is 24.0 Å².